The largest absolute Gasteiger partial charge is 0.472 e. The molecule has 31 heavy (non-hydrogen) atoms. The monoisotopic (exact) mass is 419 g/mol. The Morgan fingerprint density at radius 1 is 1.13 bits per heavy atom. The molecule has 1 amide bonds. The van der Waals surface area contributed by atoms with Gasteiger partial charge in [-0.25, -0.2) is 0 Å². The molecule has 0 atom stereocenters. The van der Waals surface area contributed by atoms with Crippen LogP contribution in [0.25, 0.3) is 10.9 Å². The van der Waals surface area contributed by atoms with E-state index in [0.717, 1.165) is 36.9 Å². The van der Waals surface area contributed by atoms with E-state index in [9.17, 15) is 4.79 Å². The summed E-state index contributed by atoms with van der Waals surface area (Å²) in [6.45, 7) is 8.74. The van der Waals surface area contributed by atoms with E-state index in [2.05, 4.69) is 57.3 Å². The Labute approximate surface area is 184 Å². The van der Waals surface area contributed by atoms with E-state index in [-0.39, 0.29) is 17.4 Å². The summed E-state index contributed by atoms with van der Waals surface area (Å²) in [5.74, 6) is 0.0376. The maximum absolute atomic E-state index is 12.6. The normalized spacial score (nSPS) is 19.4. The molecule has 0 unspecified atom stereocenters. The highest BCUT2D eigenvalue weighted by atomic mass is 16.3. The molecule has 2 aromatic heterocycles. The average molecular weight is 420 g/mol. The third-order valence-electron chi connectivity index (χ3n) is 6.43. The first-order valence-electron chi connectivity index (χ1n) is 11.2. The summed E-state index contributed by atoms with van der Waals surface area (Å²) in [6, 6.07) is 11.1. The van der Waals surface area contributed by atoms with Gasteiger partial charge in [0.05, 0.1) is 17.3 Å². The smallest absolute Gasteiger partial charge is 0.257 e. The molecule has 4 rings (SSSR count). The van der Waals surface area contributed by atoms with Gasteiger partial charge in [-0.05, 0) is 56.9 Å². The number of anilines is 1. The van der Waals surface area contributed by atoms with Crippen molar-refractivity contribution in [2.24, 2.45) is 0 Å². The van der Waals surface area contributed by atoms with Gasteiger partial charge in [0.25, 0.3) is 5.91 Å². The Kier molecular flexibility index (Phi) is 5.78. The second-order valence-electron chi connectivity index (χ2n) is 9.90. The predicted octanol–water partition coefficient (Wildman–Crippen LogP) is 5.93. The first kappa shape index (κ1) is 21.4. The van der Waals surface area contributed by atoms with E-state index in [4.69, 9.17) is 9.40 Å². The van der Waals surface area contributed by atoms with Crippen LogP contribution in [-0.4, -0.2) is 34.9 Å². The van der Waals surface area contributed by atoms with Crippen molar-refractivity contribution in [3.63, 3.8) is 0 Å². The molecule has 2 heterocycles. The second kappa shape index (κ2) is 8.37. The number of carbonyl (C=O) groups excluding carboxylic acids is 1. The summed E-state index contributed by atoms with van der Waals surface area (Å²) in [4.78, 5) is 19.4. The summed E-state index contributed by atoms with van der Waals surface area (Å²) in [5.41, 5.74) is 5.17. The van der Waals surface area contributed by atoms with Crippen LogP contribution in [0.15, 0.2) is 47.3 Å². The first-order valence-corrected chi connectivity index (χ1v) is 11.2. The molecule has 0 spiro atoms. The van der Waals surface area contributed by atoms with Gasteiger partial charge in [-0.3, -0.25) is 9.78 Å². The lowest BCUT2D eigenvalue weighted by Crippen LogP contribution is -2.41. The SMILES string of the molecule is Cc1ccc2nc(C(C)(C)C)cc(NC3CCC(N(C)C(=O)c4ccoc4)CC3)c2c1. The van der Waals surface area contributed by atoms with Crippen molar-refractivity contribution in [1.82, 2.24) is 9.88 Å². The predicted molar refractivity (Wildman–Crippen MR) is 126 cm³/mol. The number of aryl methyl sites for hydroxylation is 1. The van der Waals surface area contributed by atoms with Crippen LogP contribution in [0.5, 0.6) is 0 Å². The molecule has 1 saturated carbocycles. The third-order valence-corrected chi connectivity index (χ3v) is 6.43. The van der Waals surface area contributed by atoms with Crippen molar-refractivity contribution >= 4 is 22.5 Å². The number of carbonyl (C=O) groups is 1. The molecule has 164 valence electrons. The highest BCUT2D eigenvalue weighted by molar-refractivity contribution is 5.94. The van der Waals surface area contributed by atoms with Gasteiger partial charge in [0.1, 0.15) is 6.26 Å². The minimum atomic E-state index is -0.0106. The highest BCUT2D eigenvalue weighted by Crippen LogP contribution is 2.33. The second-order valence-corrected chi connectivity index (χ2v) is 9.90. The Morgan fingerprint density at radius 2 is 1.87 bits per heavy atom. The lowest BCUT2D eigenvalue weighted by atomic mass is 9.88. The van der Waals surface area contributed by atoms with Gasteiger partial charge in [0.2, 0.25) is 0 Å². The topological polar surface area (TPSA) is 58.4 Å². The number of hydrogen-bond donors (Lipinski definition) is 1. The number of furan rings is 1. The highest BCUT2D eigenvalue weighted by Gasteiger charge is 2.28. The molecule has 1 fully saturated rings. The fourth-order valence-corrected chi connectivity index (χ4v) is 4.43. The van der Waals surface area contributed by atoms with Gasteiger partial charge >= 0.3 is 0 Å². The van der Waals surface area contributed by atoms with Crippen molar-refractivity contribution in [2.45, 2.75) is 70.9 Å². The lowest BCUT2D eigenvalue weighted by molar-refractivity contribution is 0.0691. The Balaban J connectivity index is 1.49. The number of benzene rings is 1. The maximum atomic E-state index is 12.6. The van der Waals surface area contributed by atoms with Crippen LogP contribution >= 0.6 is 0 Å². The molecule has 1 aliphatic carbocycles. The quantitative estimate of drug-likeness (QED) is 0.569. The van der Waals surface area contributed by atoms with E-state index in [0.29, 0.717) is 11.6 Å². The molecule has 1 aromatic carbocycles. The van der Waals surface area contributed by atoms with E-state index in [1.54, 1.807) is 12.3 Å². The number of pyridine rings is 1. The molecule has 0 saturated heterocycles. The Bertz CT molecular complexity index is 1060. The number of fused-ring (bicyclic) bond motifs is 1. The molecule has 1 aliphatic rings. The van der Waals surface area contributed by atoms with Gasteiger partial charge in [0.15, 0.2) is 0 Å². The first-order chi connectivity index (χ1) is 14.7. The Hall–Kier alpha value is -2.82. The summed E-state index contributed by atoms with van der Waals surface area (Å²) >= 11 is 0. The average Bonchev–Trinajstić information content (AvgIpc) is 3.27. The van der Waals surface area contributed by atoms with Crippen LogP contribution in [-0.2, 0) is 5.41 Å². The van der Waals surface area contributed by atoms with Crippen LogP contribution in [0.3, 0.4) is 0 Å². The molecule has 5 heteroatoms. The number of amides is 1. The third kappa shape index (κ3) is 4.60. The summed E-state index contributed by atoms with van der Waals surface area (Å²) in [5, 5.41) is 5.00. The summed E-state index contributed by atoms with van der Waals surface area (Å²) < 4.78 is 5.07. The van der Waals surface area contributed by atoms with Crippen LogP contribution in [0, 0.1) is 6.92 Å². The van der Waals surface area contributed by atoms with Gasteiger partial charge in [-0.1, -0.05) is 32.4 Å². The van der Waals surface area contributed by atoms with E-state index < -0.39 is 0 Å². The molecule has 5 nitrogen and oxygen atoms in total. The summed E-state index contributed by atoms with van der Waals surface area (Å²) in [7, 11) is 1.91. The summed E-state index contributed by atoms with van der Waals surface area (Å²) in [6.07, 6.45) is 7.13. The number of nitrogens with zero attached hydrogens (tertiary/aromatic N) is 2. The zero-order valence-corrected chi connectivity index (χ0v) is 19.2. The molecule has 3 aromatic rings. The van der Waals surface area contributed by atoms with Gasteiger partial charge in [0, 0.05) is 41.3 Å². The van der Waals surface area contributed by atoms with Crippen LogP contribution in [0.2, 0.25) is 0 Å². The van der Waals surface area contributed by atoms with Crippen molar-refractivity contribution in [3.05, 3.63) is 59.7 Å². The lowest BCUT2D eigenvalue weighted by Gasteiger charge is -2.35. The van der Waals surface area contributed by atoms with Gasteiger partial charge in [-0.2, -0.15) is 0 Å². The minimum Gasteiger partial charge on any atom is -0.472 e. The van der Waals surface area contributed by atoms with Crippen LogP contribution in [0.1, 0.15) is 68.1 Å². The van der Waals surface area contributed by atoms with Crippen molar-refractivity contribution < 1.29 is 9.21 Å². The molecular formula is C26H33N3O2. The van der Waals surface area contributed by atoms with Crippen LogP contribution < -0.4 is 5.32 Å². The molecule has 0 bridgehead atoms. The van der Waals surface area contributed by atoms with E-state index in [1.807, 2.05) is 11.9 Å². The standard InChI is InChI=1S/C26H33N3O2/c1-17-6-11-22-21(14-17)23(15-24(28-22)26(2,3)4)27-19-7-9-20(10-8-19)29(5)25(30)18-12-13-31-16-18/h6,11-16,19-20H,7-10H2,1-5H3,(H,27,28). The number of hydrogen-bond acceptors (Lipinski definition) is 4. The van der Waals surface area contributed by atoms with Crippen LogP contribution in [0.4, 0.5) is 5.69 Å². The number of nitrogens with one attached hydrogen (secondary N) is 1. The number of rotatable bonds is 4. The number of aromatic nitrogens is 1. The zero-order valence-electron chi connectivity index (χ0n) is 19.2. The molecule has 1 N–H and O–H groups in total. The minimum absolute atomic E-state index is 0.0106. The molecule has 0 aliphatic heterocycles. The van der Waals surface area contributed by atoms with E-state index in [1.165, 1.54) is 22.9 Å². The maximum Gasteiger partial charge on any atom is 0.257 e. The zero-order chi connectivity index (χ0) is 22.2. The molecule has 0 radical (unpaired) electrons. The van der Waals surface area contributed by atoms with Gasteiger partial charge < -0.3 is 14.6 Å². The fraction of sp³-hybridized carbons (Fsp3) is 0.462. The van der Waals surface area contributed by atoms with Crippen molar-refractivity contribution in [1.29, 1.82) is 0 Å². The molecular weight excluding hydrogens is 386 g/mol. The van der Waals surface area contributed by atoms with E-state index >= 15 is 0 Å². The fourth-order valence-electron chi connectivity index (χ4n) is 4.43. The van der Waals surface area contributed by atoms with Gasteiger partial charge in [-0.15, -0.1) is 0 Å². The van der Waals surface area contributed by atoms with Crippen molar-refractivity contribution in [3.8, 4) is 0 Å². The Morgan fingerprint density at radius 3 is 2.52 bits per heavy atom. The van der Waals surface area contributed by atoms with Crippen molar-refractivity contribution in [2.75, 3.05) is 12.4 Å².